The van der Waals surface area contributed by atoms with Gasteiger partial charge in [0.05, 0.1) is 22.1 Å². The van der Waals surface area contributed by atoms with Crippen LogP contribution < -0.4 is 0 Å². The number of carboxylic acids is 3. The van der Waals surface area contributed by atoms with Crippen LogP contribution in [0.25, 0.3) is 0 Å². The normalized spacial score (nSPS) is 11.1. The smallest absolute Gasteiger partial charge is 0.335 e. The average molecular weight is 578 g/mol. The van der Waals surface area contributed by atoms with E-state index >= 15 is 0 Å². The molecule has 0 bridgehead atoms. The summed E-state index contributed by atoms with van der Waals surface area (Å²) in [5, 5.41) is 28.2. The largest absolute Gasteiger partial charge is 0.478 e. The van der Waals surface area contributed by atoms with Crippen LogP contribution in [0.5, 0.6) is 0 Å². The maximum absolute atomic E-state index is 11.5. The minimum atomic E-state index is -1.05. The van der Waals surface area contributed by atoms with Gasteiger partial charge in [-0.3, -0.25) is 0 Å². The van der Waals surface area contributed by atoms with Gasteiger partial charge in [-0.25, -0.2) is 14.4 Å². The number of benzene rings is 4. The first-order valence-electron chi connectivity index (χ1n) is 10.5. The third-order valence-corrected chi connectivity index (χ3v) is 6.69. The van der Waals surface area contributed by atoms with Crippen molar-refractivity contribution >= 4 is 40.5 Å². The molecular formula is C28H19IO6. The molecule has 0 radical (unpaired) electrons. The van der Waals surface area contributed by atoms with E-state index in [0.717, 1.165) is 25.8 Å². The Balaban J connectivity index is 2.08. The molecule has 0 aliphatic carbocycles. The summed E-state index contributed by atoms with van der Waals surface area (Å²) in [6.45, 7) is 0. The molecule has 0 aliphatic heterocycles. The first-order valence-corrected chi connectivity index (χ1v) is 11.6. The van der Waals surface area contributed by atoms with E-state index in [-0.39, 0.29) is 16.7 Å². The minimum absolute atomic E-state index is 0.132. The van der Waals surface area contributed by atoms with Crippen LogP contribution in [0, 0.1) is 3.57 Å². The van der Waals surface area contributed by atoms with Crippen LogP contribution >= 0.6 is 22.6 Å². The van der Waals surface area contributed by atoms with Crippen molar-refractivity contribution in [2.45, 2.75) is 5.41 Å². The van der Waals surface area contributed by atoms with Gasteiger partial charge in [-0.15, -0.1) is 0 Å². The van der Waals surface area contributed by atoms with Crippen molar-refractivity contribution in [1.29, 1.82) is 0 Å². The maximum Gasteiger partial charge on any atom is 0.335 e. The zero-order chi connectivity index (χ0) is 25.2. The Bertz CT molecular complexity index is 1250. The molecule has 3 N–H and O–H groups in total. The Morgan fingerprint density at radius 3 is 0.914 bits per heavy atom. The van der Waals surface area contributed by atoms with Gasteiger partial charge in [0.25, 0.3) is 0 Å². The maximum atomic E-state index is 11.5. The fourth-order valence-electron chi connectivity index (χ4n) is 4.29. The summed E-state index contributed by atoms with van der Waals surface area (Å²) < 4.78 is 1.02. The van der Waals surface area contributed by atoms with E-state index in [1.807, 2.05) is 24.3 Å². The lowest BCUT2D eigenvalue weighted by Gasteiger charge is -2.37. The molecule has 7 heteroatoms. The molecule has 0 fully saturated rings. The lowest BCUT2D eigenvalue weighted by molar-refractivity contribution is 0.0686. The second kappa shape index (κ2) is 9.71. The molecule has 0 unspecified atom stereocenters. The van der Waals surface area contributed by atoms with E-state index in [0.29, 0.717) is 0 Å². The van der Waals surface area contributed by atoms with Crippen molar-refractivity contribution in [1.82, 2.24) is 0 Å². The van der Waals surface area contributed by atoms with E-state index in [2.05, 4.69) is 22.6 Å². The minimum Gasteiger partial charge on any atom is -0.478 e. The van der Waals surface area contributed by atoms with Gasteiger partial charge in [0.15, 0.2) is 0 Å². The molecule has 0 saturated heterocycles. The number of hydrogen-bond acceptors (Lipinski definition) is 3. The zero-order valence-electron chi connectivity index (χ0n) is 18.2. The molecule has 0 heterocycles. The number of hydrogen-bond donors (Lipinski definition) is 3. The monoisotopic (exact) mass is 578 g/mol. The lowest BCUT2D eigenvalue weighted by Crippen LogP contribution is -2.31. The Morgan fingerprint density at radius 2 is 0.686 bits per heavy atom. The molecule has 0 atom stereocenters. The fourth-order valence-corrected chi connectivity index (χ4v) is 4.65. The van der Waals surface area contributed by atoms with E-state index in [1.54, 1.807) is 36.4 Å². The van der Waals surface area contributed by atoms with Gasteiger partial charge in [-0.1, -0.05) is 48.5 Å². The molecular weight excluding hydrogens is 559 g/mol. The summed E-state index contributed by atoms with van der Waals surface area (Å²) in [4.78, 5) is 34.5. The topological polar surface area (TPSA) is 112 Å². The van der Waals surface area contributed by atoms with Crippen molar-refractivity contribution < 1.29 is 29.7 Å². The molecule has 35 heavy (non-hydrogen) atoms. The number of halogens is 1. The van der Waals surface area contributed by atoms with Crippen LogP contribution in [0.3, 0.4) is 0 Å². The molecule has 6 nitrogen and oxygen atoms in total. The van der Waals surface area contributed by atoms with Crippen LogP contribution in [-0.4, -0.2) is 33.2 Å². The number of rotatable bonds is 7. The van der Waals surface area contributed by atoms with Crippen molar-refractivity contribution in [2.75, 3.05) is 0 Å². The third-order valence-electron chi connectivity index (χ3n) is 5.97. The first-order chi connectivity index (χ1) is 16.7. The average Bonchev–Trinajstić information content (AvgIpc) is 2.86. The number of carbonyl (C=O) groups is 3. The number of aromatic carboxylic acids is 3. The van der Waals surface area contributed by atoms with E-state index in [4.69, 9.17) is 0 Å². The van der Waals surface area contributed by atoms with Crippen LogP contribution in [0.1, 0.15) is 53.3 Å². The van der Waals surface area contributed by atoms with Crippen LogP contribution in [-0.2, 0) is 5.41 Å². The molecule has 4 aromatic carbocycles. The zero-order valence-corrected chi connectivity index (χ0v) is 20.3. The molecule has 0 aliphatic rings. The second-order valence-corrected chi connectivity index (χ2v) is 9.15. The lowest BCUT2D eigenvalue weighted by atomic mass is 9.65. The van der Waals surface area contributed by atoms with Gasteiger partial charge in [0.1, 0.15) is 0 Å². The van der Waals surface area contributed by atoms with Gasteiger partial charge in [-0.2, -0.15) is 0 Å². The highest BCUT2D eigenvalue weighted by atomic mass is 127. The number of carboxylic acid groups (broad SMARTS) is 3. The Hall–Kier alpha value is -3.98. The highest BCUT2D eigenvalue weighted by Gasteiger charge is 2.38. The third kappa shape index (κ3) is 4.54. The second-order valence-electron chi connectivity index (χ2n) is 7.90. The fraction of sp³-hybridized carbons (Fsp3) is 0.0357. The summed E-state index contributed by atoms with van der Waals surface area (Å²) in [6, 6.07) is 27.4. The molecule has 0 saturated carbocycles. The van der Waals surface area contributed by atoms with Crippen molar-refractivity contribution in [2.24, 2.45) is 0 Å². The molecule has 0 spiro atoms. The van der Waals surface area contributed by atoms with Crippen LogP contribution in [0.4, 0.5) is 0 Å². The van der Waals surface area contributed by atoms with Gasteiger partial charge in [0.2, 0.25) is 0 Å². The summed E-state index contributed by atoms with van der Waals surface area (Å²) >= 11 is 2.21. The first kappa shape index (κ1) is 24.2. The molecule has 0 aromatic heterocycles. The summed E-state index contributed by atoms with van der Waals surface area (Å²) in [7, 11) is 0. The van der Waals surface area contributed by atoms with Crippen LogP contribution in [0.2, 0.25) is 0 Å². The molecule has 4 aromatic rings. The highest BCUT2D eigenvalue weighted by molar-refractivity contribution is 14.1. The van der Waals surface area contributed by atoms with Gasteiger partial charge in [-0.05, 0) is 93.4 Å². The van der Waals surface area contributed by atoms with Crippen molar-refractivity contribution in [3.8, 4) is 0 Å². The van der Waals surface area contributed by atoms with E-state index < -0.39 is 23.3 Å². The summed E-state index contributed by atoms with van der Waals surface area (Å²) in [6.07, 6.45) is 0. The standard InChI is InChI=1S/C28H19IO6/c29-24-15-13-23(14-16-24)28(20-7-1-17(2-8-20)25(30)31,21-9-3-18(4-10-21)26(32)33)22-11-5-19(6-12-22)27(34)35/h1-16H,(H,30,31)(H,32,33)(H,34,35). The summed E-state index contributed by atoms with van der Waals surface area (Å²) in [5.41, 5.74) is 2.51. The van der Waals surface area contributed by atoms with E-state index in [9.17, 15) is 29.7 Å². The predicted molar refractivity (Wildman–Crippen MR) is 138 cm³/mol. The molecule has 174 valence electrons. The van der Waals surface area contributed by atoms with Gasteiger partial charge >= 0.3 is 17.9 Å². The van der Waals surface area contributed by atoms with Crippen LogP contribution in [0.15, 0.2) is 97.1 Å². The Labute approximate surface area is 214 Å². The Morgan fingerprint density at radius 1 is 0.457 bits per heavy atom. The van der Waals surface area contributed by atoms with Gasteiger partial charge in [0, 0.05) is 3.57 Å². The Kier molecular flexibility index (Phi) is 6.70. The predicted octanol–water partition coefficient (Wildman–Crippen LogP) is 5.77. The van der Waals surface area contributed by atoms with Gasteiger partial charge < -0.3 is 15.3 Å². The molecule has 0 amide bonds. The van der Waals surface area contributed by atoms with Crippen molar-refractivity contribution in [3.63, 3.8) is 0 Å². The van der Waals surface area contributed by atoms with E-state index in [1.165, 1.54) is 36.4 Å². The quantitative estimate of drug-likeness (QED) is 0.190. The van der Waals surface area contributed by atoms with Crippen molar-refractivity contribution in [3.05, 3.63) is 140 Å². The highest BCUT2D eigenvalue weighted by Crippen LogP contribution is 2.45. The SMILES string of the molecule is O=C(O)c1ccc(C(c2ccc(I)cc2)(c2ccc(C(=O)O)cc2)c2ccc(C(=O)O)cc2)cc1. The molecule has 4 rings (SSSR count). The summed E-state index contributed by atoms with van der Waals surface area (Å²) in [5.74, 6) is -3.14.